The minimum absolute atomic E-state index is 0.951. The summed E-state index contributed by atoms with van der Waals surface area (Å²) in [4.78, 5) is 9.21. The maximum atomic E-state index is 4.62. The Labute approximate surface area is 186 Å². The number of hydrogen-bond donors (Lipinski definition) is 0. The fourth-order valence-corrected chi connectivity index (χ4v) is 4.38. The maximum Gasteiger partial charge on any atom is 0.116 e. The molecular formula is C30H20N2. The second-order valence-corrected chi connectivity index (χ2v) is 7.92. The van der Waals surface area contributed by atoms with Crippen LogP contribution in [0.1, 0.15) is 0 Å². The van der Waals surface area contributed by atoms with E-state index in [0.717, 1.165) is 22.2 Å². The van der Waals surface area contributed by atoms with E-state index in [1.165, 1.54) is 33.0 Å². The van der Waals surface area contributed by atoms with Crippen LogP contribution < -0.4 is 0 Å². The van der Waals surface area contributed by atoms with Gasteiger partial charge in [-0.15, -0.1) is 0 Å². The fourth-order valence-electron chi connectivity index (χ4n) is 4.38. The van der Waals surface area contributed by atoms with Crippen molar-refractivity contribution in [2.75, 3.05) is 0 Å². The van der Waals surface area contributed by atoms with Crippen molar-refractivity contribution < 1.29 is 0 Å². The molecule has 2 heteroatoms. The van der Waals surface area contributed by atoms with Gasteiger partial charge < -0.3 is 0 Å². The van der Waals surface area contributed by atoms with E-state index in [4.69, 9.17) is 0 Å². The molecule has 0 aliphatic heterocycles. The van der Waals surface area contributed by atoms with Crippen molar-refractivity contribution >= 4 is 21.7 Å². The quantitative estimate of drug-likeness (QED) is 0.299. The minimum Gasteiger partial charge on any atom is -0.236 e. The monoisotopic (exact) mass is 408 g/mol. The second kappa shape index (κ2) is 7.75. The van der Waals surface area contributed by atoms with E-state index < -0.39 is 0 Å². The van der Waals surface area contributed by atoms with Crippen LogP contribution in [-0.4, -0.2) is 9.97 Å². The molecule has 0 saturated carbocycles. The molecule has 0 aliphatic carbocycles. The lowest BCUT2D eigenvalue weighted by atomic mass is 9.96. The zero-order chi connectivity index (χ0) is 21.3. The van der Waals surface area contributed by atoms with Crippen molar-refractivity contribution in [1.82, 2.24) is 9.97 Å². The standard InChI is InChI=1S/C30H20N2/c1-2-7-21(8-3-1)22-13-15-24(16-14-22)30-28-18-17-25(19-29(28)31-20-32-30)27-12-6-10-23-9-4-5-11-26(23)27/h1-20H. The molecule has 6 aromatic rings. The number of fused-ring (bicyclic) bond motifs is 2. The summed E-state index contributed by atoms with van der Waals surface area (Å²) < 4.78 is 0. The van der Waals surface area contributed by atoms with Crippen LogP contribution in [0, 0.1) is 0 Å². The van der Waals surface area contributed by atoms with Crippen LogP contribution >= 0.6 is 0 Å². The van der Waals surface area contributed by atoms with E-state index in [9.17, 15) is 0 Å². The average molecular weight is 409 g/mol. The molecule has 0 unspecified atom stereocenters. The molecule has 0 N–H and O–H groups in total. The molecule has 1 heterocycles. The smallest absolute Gasteiger partial charge is 0.116 e. The van der Waals surface area contributed by atoms with E-state index in [-0.39, 0.29) is 0 Å². The van der Waals surface area contributed by atoms with E-state index in [1.807, 2.05) is 6.07 Å². The van der Waals surface area contributed by atoms with Gasteiger partial charge in [-0.3, -0.25) is 0 Å². The van der Waals surface area contributed by atoms with Gasteiger partial charge in [0.2, 0.25) is 0 Å². The highest BCUT2D eigenvalue weighted by Gasteiger charge is 2.10. The molecule has 32 heavy (non-hydrogen) atoms. The van der Waals surface area contributed by atoms with E-state index >= 15 is 0 Å². The number of rotatable bonds is 3. The summed E-state index contributed by atoms with van der Waals surface area (Å²) >= 11 is 0. The van der Waals surface area contributed by atoms with Crippen molar-refractivity contribution in [3.63, 3.8) is 0 Å². The zero-order valence-electron chi connectivity index (χ0n) is 17.4. The third-order valence-electron chi connectivity index (χ3n) is 6.00. The zero-order valence-corrected chi connectivity index (χ0v) is 17.4. The summed E-state index contributed by atoms with van der Waals surface area (Å²) in [6, 6.07) is 40.4. The molecule has 0 atom stereocenters. The number of benzene rings is 5. The van der Waals surface area contributed by atoms with Gasteiger partial charge in [-0.1, -0.05) is 103 Å². The normalized spacial score (nSPS) is 11.1. The highest BCUT2D eigenvalue weighted by molar-refractivity contribution is 6.00. The van der Waals surface area contributed by atoms with Crippen LogP contribution in [0.15, 0.2) is 122 Å². The predicted octanol–water partition coefficient (Wildman–Crippen LogP) is 7.78. The summed E-state index contributed by atoms with van der Waals surface area (Å²) in [6.45, 7) is 0. The van der Waals surface area contributed by atoms with Gasteiger partial charge >= 0.3 is 0 Å². The Hall–Kier alpha value is -4.30. The van der Waals surface area contributed by atoms with Crippen molar-refractivity contribution in [1.29, 1.82) is 0 Å². The Morgan fingerprint density at radius 1 is 0.438 bits per heavy atom. The van der Waals surface area contributed by atoms with Crippen molar-refractivity contribution in [2.24, 2.45) is 0 Å². The van der Waals surface area contributed by atoms with E-state index in [1.54, 1.807) is 6.33 Å². The van der Waals surface area contributed by atoms with Gasteiger partial charge in [0.15, 0.2) is 0 Å². The topological polar surface area (TPSA) is 25.8 Å². The summed E-state index contributed by atoms with van der Waals surface area (Å²) in [5.41, 5.74) is 7.80. The molecule has 0 saturated heterocycles. The molecule has 6 rings (SSSR count). The Kier molecular flexibility index (Phi) is 4.47. The highest BCUT2D eigenvalue weighted by atomic mass is 14.8. The Morgan fingerprint density at radius 3 is 2.00 bits per heavy atom. The van der Waals surface area contributed by atoms with Gasteiger partial charge in [0.1, 0.15) is 6.33 Å². The molecule has 5 aromatic carbocycles. The van der Waals surface area contributed by atoms with Crippen LogP contribution in [-0.2, 0) is 0 Å². The van der Waals surface area contributed by atoms with Gasteiger partial charge in [-0.25, -0.2) is 9.97 Å². The first-order valence-electron chi connectivity index (χ1n) is 10.8. The summed E-state index contributed by atoms with van der Waals surface area (Å²) in [7, 11) is 0. The van der Waals surface area contributed by atoms with Gasteiger partial charge in [0, 0.05) is 10.9 Å². The predicted molar refractivity (Wildman–Crippen MR) is 133 cm³/mol. The largest absolute Gasteiger partial charge is 0.236 e. The number of hydrogen-bond acceptors (Lipinski definition) is 2. The first kappa shape index (κ1) is 18.5. The summed E-state index contributed by atoms with van der Waals surface area (Å²) in [6.07, 6.45) is 1.66. The molecule has 2 nitrogen and oxygen atoms in total. The lowest BCUT2D eigenvalue weighted by molar-refractivity contribution is 1.22. The average Bonchev–Trinajstić information content (AvgIpc) is 2.88. The molecule has 0 spiro atoms. The van der Waals surface area contributed by atoms with Gasteiger partial charge in [0.05, 0.1) is 11.2 Å². The third kappa shape index (κ3) is 3.23. The van der Waals surface area contributed by atoms with E-state index in [0.29, 0.717) is 0 Å². The highest BCUT2D eigenvalue weighted by Crippen LogP contribution is 2.33. The van der Waals surface area contributed by atoms with Crippen molar-refractivity contribution in [2.45, 2.75) is 0 Å². The molecule has 1 aromatic heterocycles. The van der Waals surface area contributed by atoms with Crippen molar-refractivity contribution in [3.05, 3.63) is 122 Å². The molecular weight excluding hydrogens is 388 g/mol. The van der Waals surface area contributed by atoms with Gasteiger partial charge in [-0.2, -0.15) is 0 Å². The maximum absolute atomic E-state index is 4.62. The molecule has 150 valence electrons. The van der Waals surface area contributed by atoms with E-state index in [2.05, 4.69) is 119 Å². The Bertz CT molecular complexity index is 1550. The van der Waals surface area contributed by atoms with Crippen LogP contribution in [0.5, 0.6) is 0 Å². The van der Waals surface area contributed by atoms with Crippen LogP contribution in [0.3, 0.4) is 0 Å². The lowest BCUT2D eigenvalue weighted by Gasteiger charge is -2.10. The summed E-state index contributed by atoms with van der Waals surface area (Å²) in [5.74, 6) is 0. The first-order chi connectivity index (χ1) is 15.9. The van der Waals surface area contributed by atoms with Crippen LogP contribution in [0.4, 0.5) is 0 Å². The van der Waals surface area contributed by atoms with Crippen LogP contribution in [0.2, 0.25) is 0 Å². The molecule has 0 aliphatic rings. The lowest BCUT2D eigenvalue weighted by Crippen LogP contribution is -1.90. The number of nitrogens with zero attached hydrogens (tertiary/aromatic N) is 2. The minimum atomic E-state index is 0.951. The second-order valence-electron chi connectivity index (χ2n) is 7.92. The fraction of sp³-hybridized carbons (Fsp3) is 0. The van der Waals surface area contributed by atoms with Gasteiger partial charge in [0.25, 0.3) is 0 Å². The molecule has 0 radical (unpaired) electrons. The molecule has 0 bridgehead atoms. The number of aromatic nitrogens is 2. The van der Waals surface area contributed by atoms with Gasteiger partial charge in [-0.05, 0) is 45.2 Å². The Morgan fingerprint density at radius 2 is 1.12 bits per heavy atom. The third-order valence-corrected chi connectivity index (χ3v) is 6.00. The summed E-state index contributed by atoms with van der Waals surface area (Å²) in [5, 5.41) is 3.55. The van der Waals surface area contributed by atoms with Crippen LogP contribution in [0.25, 0.3) is 55.2 Å². The SMILES string of the molecule is c1ccc(-c2ccc(-c3ncnc4cc(-c5cccc6ccccc56)ccc34)cc2)cc1. The molecule has 0 amide bonds. The van der Waals surface area contributed by atoms with Crippen molar-refractivity contribution in [3.8, 4) is 33.5 Å². The Balaban J connectivity index is 1.43. The first-order valence-corrected chi connectivity index (χ1v) is 10.8. The molecule has 0 fully saturated rings.